The first-order valence-electron chi connectivity index (χ1n) is 6.79. The highest BCUT2D eigenvalue weighted by molar-refractivity contribution is 5.96. The fourth-order valence-electron chi connectivity index (χ4n) is 1.98. The third-order valence-corrected chi connectivity index (χ3v) is 3.13. The molecular weight excluding hydrogens is 289 g/mol. The van der Waals surface area contributed by atoms with Crippen LogP contribution in [0.2, 0.25) is 0 Å². The van der Waals surface area contributed by atoms with E-state index in [2.05, 4.69) is 17.4 Å². The Kier molecular flexibility index (Phi) is 7.65. The highest BCUT2D eigenvalue weighted by Gasteiger charge is 2.05. The van der Waals surface area contributed by atoms with E-state index in [1.54, 1.807) is 0 Å². The van der Waals surface area contributed by atoms with E-state index >= 15 is 0 Å². The highest BCUT2D eigenvalue weighted by Crippen LogP contribution is 2.05. The summed E-state index contributed by atoms with van der Waals surface area (Å²) in [6, 6.07) is 15.9. The van der Waals surface area contributed by atoms with Gasteiger partial charge in [0.15, 0.2) is 5.78 Å². The van der Waals surface area contributed by atoms with Crippen molar-refractivity contribution in [2.24, 2.45) is 0 Å². The second-order valence-corrected chi connectivity index (χ2v) is 4.67. The van der Waals surface area contributed by atoms with Crippen LogP contribution in [0.25, 0.3) is 0 Å². The molecule has 2 rings (SSSR count). The van der Waals surface area contributed by atoms with Gasteiger partial charge in [0, 0.05) is 18.5 Å². The normalized spacial score (nSPS) is 9.95. The quantitative estimate of drug-likeness (QED) is 0.625. The van der Waals surface area contributed by atoms with Gasteiger partial charge in [-0.1, -0.05) is 30.3 Å². The van der Waals surface area contributed by atoms with Crippen molar-refractivity contribution < 1.29 is 9.18 Å². The minimum absolute atomic E-state index is 0. The minimum Gasteiger partial charge on any atom is -0.316 e. The summed E-state index contributed by atoms with van der Waals surface area (Å²) in [7, 11) is 0. The number of benzene rings is 2. The molecule has 1 N–H and O–H groups in total. The van der Waals surface area contributed by atoms with Crippen molar-refractivity contribution in [3.63, 3.8) is 0 Å². The van der Waals surface area contributed by atoms with E-state index < -0.39 is 0 Å². The second-order valence-electron chi connectivity index (χ2n) is 4.67. The van der Waals surface area contributed by atoms with Crippen LogP contribution < -0.4 is 5.32 Å². The van der Waals surface area contributed by atoms with E-state index in [-0.39, 0.29) is 24.0 Å². The van der Waals surface area contributed by atoms with Gasteiger partial charge in [-0.2, -0.15) is 0 Å². The maximum Gasteiger partial charge on any atom is 0.164 e. The third-order valence-electron chi connectivity index (χ3n) is 3.13. The molecule has 0 unspecified atom stereocenters. The molecule has 0 bridgehead atoms. The van der Waals surface area contributed by atoms with Gasteiger partial charge in [0.2, 0.25) is 0 Å². The summed E-state index contributed by atoms with van der Waals surface area (Å²) in [5.41, 5.74) is 1.85. The fourth-order valence-corrected chi connectivity index (χ4v) is 1.98. The molecule has 0 aliphatic carbocycles. The van der Waals surface area contributed by atoms with Gasteiger partial charge >= 0.3 is 0 Å². The van der Waals surface area contributed by atoms with Crippen molar-refractivity contribution in [3.05, 3.63) is 71.5 Å². The van der Waals surface area contributed by atoms with E-state index in [9.17, 15) is 9.18 Å². The lowest BCUT2D eigenvalue weighted by atomic mass is 10.1. The smallest absolute Gasteiger partial charge is 0.164 e. The van der Waals surface area contributed by atoms with Crippen molar-refractivity contribution >= 4 is 18.2 Å². The molecule has 0 heterocycles. The first-order chi connectivity index (χ1) is 9.75. The Morgan fingerprint density at radius 1 is 0.952 bits per heavy atom. The number of hydrogen-bond acceptors (Lipinski definition) is 2. The lowest BCUT2D eigenvalue weighted by Crippen LogP contribution is -2.21. The largest absolute Gasteiger partial charge is 0.316 e. The van der Waals surface area contributed by atoms with E-state index in [0.29, 0.717) is 18.5 Å². The number of carbonyl (C=O) groups is 1. The maximum absolute atomic E-state index is 12.7. The van der Waals surface area contributed by atoms with Gasteiger partial charge in [0.25, 0.3) is 0 Å². The Balaban J connectivity index is 0.00000220. The third kappa shape index (κ3) is 6.06. The van der Waals surface area contributed by atoms with Gasteiger partial charge < -0.3 is 5.32 Å². The van der Waals surface area contributed by atoms with Gasteiger partial charge in [-0.15, -0.1) is 12.4 Å². The van der Waals surface area contributed by atoms with E-state index in [4.69, 9.17) is 0 Å². The van der Waals surface area contributed by atoms with Crippen LogP contribution in [0.15, 0.2) is 54.6 Å². The summed E-state index contributed by atoms with van der Waals surface area (Å²) in [6.45, 7) is 1.49. The van der Waals surface area contributed by atoms with Gasteiger partial charge in [-0.05, 0) is 42.8 Å². The first-order valence-corrected chi connectivity index (χ1v) is 6.79. The average molecular weight is 308 g/mol. The van der Waals surface area contributed by atoms with Gasteiger partial charge in [-0.25, -0.2) is 4.39 Å². The monoisotopic (exact) mass is 307 g/mol. The van der Waals surface area contributed by atoms with Crippen molar-refractivity contribution in [3.8, 4) is 0 Å². The molecule has 0 saturated heterocycles. The van der Waals surface area contributed by atoms with Crippen LogP contribution in [0.4, 0.5) is 4.39 Å². The molecule has 21 heavy (non-hydrogen) atoms. The Labute approximate surface area is 130 Å². The summed E-state index contributed by atoms with van der Waals surface area (Å²) in [6.07, 6.45) is 1.38. The predicted molar refractivity (Wildman–Crippen MR) is 85.6 cm³/mol. The molecular formula is C17H19ClFNO. The van der Waals surface area contributed by atoms with Crippen molar-refractivity contribution in [1.29, 1.82) is 0 Å². The fraction of sp³-hybridized carbons (Fsp3) is 0.235. The van der Waals surface area contributed by atoms with Crippen LogP contribution in [0.3, 0.4) is 0 Å². The average Bonchev–Trinajstić information content (AvgIpc) is 2.48. The molecule has 2 aromatic rings. The lowest BCUT2D eigenvalue weighted by molar-refractivity contribution is 0.0982. The number of nitrogens with one attached hydrogen (secondary N) is 1. The van der Waals surface area contributed by atoms with Crippen molar-refractivity contribution in [2.75, 3.05) is 13.1 Å². The number of ketones is 1. The standard InChI is InChI=1S/C17H18FNO.ClH/c18-16-8-6-15(7-9-16)17(20)11-13-19-12-10-14-4-2-1-3-5-14;/h1-9,19H,10-13H2;1H. The van der Waals surface area contributed by atoms with E-state index in [1.165, 1.54) is 29.8 Å². The zero-order valence-electron chi connectivity index (χ0n) is 11.7. The van der Waals surface area contributed by atoms with Gasteiger partial charge in [0.1, 0.15) is 5.82 Å². The predicted octanol–water partition coefficient (Wildman–Crippen LogP) is 3.65. The topological polar surface area (TPSA) is 29.1 Å². The van der Waals surface area contributed by atoms with Crippen LogP contribution in [-0.4, -0.2) is 18.9 Å². The Bertz CT molecular complexity index is 542. The molecule has 0 atom stereocenters. The number of carbonyl (C=O) groups excluding carboxylic acids is 1. The number of hydrogen-bond donors (Lipinski definition) is 1. The molecule has 0 aromatic heterocycles. The van der Waals surface area contributed by atoms with Crippen molar-refractivity contribution in [2.45, 2.75) is 12.8 Å². The van der Waals surface area contributed by atoms with E-state index in [0.717, 1.165) is 13.0 Å². The minimum atomic E-state index is -0.317. The second kappa shape index (κ2) is 9.27. The zero-order chi connectivity index (χ0) is 14.2. The SMILES string of the molecule is Cl.O=C(CCNCCc1ccccc1)c1ccc(F)cc1. The first kappa shape index (κ1) is 17.3. The lowest BCUT2D eigenvalue weighted by Gasteiger charge is -2.05. The molecule has 2 nitrogen and oxygen atoms in total. The molecule has 2 aromatic carbocycles. The highest BCUT2D eigenvalue weighted by atomic mass is 35.5. The number of Topliss-reactive ketones (excluding diaryl/α,β-unsaturated/α-hetero) is 1. The number of halogens is 2. The Morgan fingerprint density at radius 3 is 2.29 bits per heavy atom. The zero-order valence-corrected chi connectivity index (χ0v) is 12.5. The molecule has 0 aliphatic rings. The summed E-state index contributed by atoms with van der Waals surface area (Å²) in [5.74, 6) is -0.278. The maximum atomic E-state index is 12.7. The van der Waals surface area contributed by atoms with Crippen molar-refractivity contribution in [1.82, 2.24) is 5.32 Å². The summed E-state index contributed by atoms with van der Waals surface area (Å²) in [5, 5.41) is 3.25. The number of rotatable bonds is 7. The summed E-state index contributed by atoms with van der Waals surface area (Å²) < 4.78 is 12.7. The van der Waals surface area contributed by atoms with Crippen LogP contribution in [-0.2, 0) is 6.42 Å². The molecule has 0 fully saturated rings. The molecule has 0 amide bonds. The van der Waals surface area contributed by atoms with E-state index in [1.807, 2.05) is 18.2 Å². The molecule has 0 saturated carbocycles. The molecule has 4 heteroatoms. The molecule has 0 aliphatic heterocycles. The van der Waals surface area contributed by atoms with Crippen LogP contribution in [0.1, 0.15) is 22.3 Å². The van der Waals surface area contributed by atoms with Crippen LogP contribution in [0, 0.1) is 5.82 Å². The summed E-state index contributed by atoms with van der Waals surface area (Å²) in [4.78, 5) is 11.8. The molecule has 0 spiro atoms. The van der Waals surface area contributed by atoms with Crippen LogP contribution >= 0.6 is 12.4 Å². The van der Waals surface area contributed by atoms with Gasteiger partial charge in [0.05, 0.1) is 0 Å². The molecule has 112 valence electrons. The van der Waals surface area contributed by atoms with Crippen LogP contribution in [0.5, 0.6) is 0 Å². The van der Waals surface area contributed by atoms with Gasteiger partial charge in [-0.3, -0.25) is 4.79 Å². The Morgan fingerprint density at radius 2 is 1.62 bits per heavy atom. The Hall–Kier alpha value is -1.71. The molecule has 0 radical (unpaired) electrons. The summed E-state index contributed by atoms with van der Waals surface area (Å²) >= 11 is 0.